The molecule has 0 spiro atoms. The van der Waals surface area contributed by atoms with Gasteiger partial charge in [-0.05, 0) is 48.7 Å². The molecule has 2 aliphatic heterocycles. The van der Waals surface area contributed by atoms with Crippen LogP contribution in [0.5, 0.6) is 11.5 Å². The Labute approximate surface area is 194 Å². The molecule has 8 nitrogen and oxygen atoms in total. The predicted octanol–water partition coefficient (Wildman–Crippen LogP) is 1.83. The molecule has 0 aromatic heterocycles. The molecule has 4 N–H and O–H groups in total. The molecule has 2 aromatic rings. The van der Waals surface area contributed by atoms with Crippen molar-refractivity contribution in [3.8, 4) is 11.5 Å². The minimum atomic E-state index is -0.287. The number of amides is 2. The zero-order valence-electron chi connectivity index (χ0n) is 16.6. The molecule has 2 aromatic carbocycles. The molecule has 10 heteroatoms. The number of thiocarbonyl (C=S) groups is 2. The summed E-state index contributed by atoms with van der Waals surface area (Å²) in [6.45, 7) is 0.540. The van der Waals surface area contributed by atoms with Gasteiger partial charge in [-0.2, -0.15) is 0 Å². The van der Waals surface area contributed by atoms with Gasteiger partial charge in [0.2, 0.25) is 0 Å². The van der Waals surface area contributed by atoms with Crippen LogP contribution in [-0.2, 0) is 9.59 Å². The third-order valence-corrected chi connectivity index (χ3v) is 4.88. The van der Waals surface area contributed by atoms with Crippen molar-refractivity contribution in [3.63, 3.8) is 0 Å². The van der Waals surface area contributed by atoms with E-state index in [4.69, 9.17) is 33.9 Å². The second kappa shape index (κ2) is 9.58. The first-order chi connectivity index (χ1) is 15.5. The van der Waals surface area contributed by atoms with Gasteiger partial charge < -0.3 is 20.1 Å². The van der Waals surface area contributed by atoms with Gasteiger partial charge in [0.15, 0.2) is 10.2 Å². The van der Waals surface area contributed by atoms with Gasteiger partial charge in [0.1, 0.15) is 36.1 Å². The topological polar surface area (TPSA) is 101 Å². The van der Waals surface area contributed by atoms with E-state index in [2.05, 4.69) is 21.3 Å². The number of ether oxygens (including phenoxy) is 2. The number of rotatable bonds is 7. The summed E-state index contributed by atoms with van der Waals surface area (Å²) in [5, 5.41) is 11.2. The Morgan fingerprint density at radius 3 is 1.44 bits per heavy atom. The van der Waals surface area contributed by atoms with E-state index in [0.29, 0.717) is 22.9 Å². The van der Waals surface area contributed by atoms with Crippen LogP contribution in [0.4, 0.5) is 0 Å². The van der Waals surface area contributed by atoms with E-state index < -0.39 is 0 Å². The van der Waals surface area contributed by atoms with Gasteiger partial charge in [-0.25, -0.2) is 0 Å². The fraction of sp³-hybridized carbons (Fsp3) is 0.0909. The monoisotopic (exact) mass is 466 g/mol. The molecule has 0 saturated carbocycles. The van der Waals surface area contributed by atoms with Crippen molar-refractivity contribution in [1.82, 2.24) is 21.3 Å². The first kappa shape index (κ1) is 21.5. The lowest BCUT2D eigenvalue weighted by Gasteiger charge is -2.12. The highest BCUT2D eigenvalue weighted by Crippen LogP contribution is 2.23. The zero-order chi connectivity index (χ0) is 22.5. The molecule has 2 aliphatic rings. The molecule has 0 radical (unpaired) electrons. The van der Waals surface area contributed by atoms with Gasteiger partial charge in [0.25, 0.3) is 11.8 Å². The highest BCUT2D eigenvalue weighted by molar-refractivity contribution is 7.80. The molecule has 4 rings (SSSR count). The Kier molecular flexibility index (Phi) is 6.43. The van der Waals surface area contributed by atoms with Gasteiger partial charge in [0, 0.05) is 11.1 Å². The molecule has 0 unspecified atom stereocenters. The lowest BCUT2D eigenvalue weighted by Crippen LogP contribution is -2.21. The summed E-state index contributed by atoms with van der Waals surface area (Å²) < 4.78 is 11.7. The molecule has 0 atom stereocenters. The van der Waals surface area contributed by atoms with Crippen molar-refractivity contribution >= 4 is 58.6 Å². The van der Waals surface area contributed by atoms with E-state index in [0.717, 1.165) is 11.1 Å². The number of para-hydroxylation sites is 2. The number of benzene rings is 2. The number of carbonyl (C=O) groups is 2. The minimum Gasteiger partial charge on any atom is -0.489 e. The molecule has 2 fully saturated rings. The molecule has 0 bridgehead atoms. The fourth-order valence-corrected chi connectivity index (χ4v) is 3.45. The number of hydrogen-bond acceptors (Lipinski definition) is 6. The molecule has 0 aliphatic carbocycles. The highest BCUT2D eigenvalue weighted by Gasteiger charge is 2.21. The van der Waals surface area contributed by atoms with Crippen molar-refractivity contribution < 1.29 is 19.1 Å². The van der Waals surface area contributed by atoms with Crippen molar-refractivity contribution in [2.24, 2.45) is 0 Å². The second-order valence-corrected chi connectivity index (χ2v) is 7.52. The first-order valence-corrected chi connectivity index (χ1v) is 10.4. The van der Waals surface area contributed by atoms with Crippen molar-refractivity contribution in [1.29, 1.82) is 0 Å². The van der Waals surface area contributed by atoms with Crippen molar-refractivity contribution in [3.05, 3.63) is 71.1 Å². The Morgan fingerprint density at radius 1 is 0.656 bits per heavy atom. The number of nitrogens with one attached hydrogen (secondary N) is 4. The zero-order valence-corrected chi connectivity index (χ0v) is 18.3. The van der Waals surface area contributed by atoms with Gasteiger partial charge >= 0.3 is 0 Å². The Bertz CT molecular complexity index is 1080. The highest BCUT2D eigenvalue weighted by atomic mass is 32.1. The molecule has 162 valence electrons. The van der Waals surface area contributed by atoms with Crippen LogP contribution in [0.15, 0.2) is 59.9 Å². The number of carbonyl (C=O) groups excluding carboxylic acids is 2. The normalized spacial score (nSPS) is 17.8. The summed E-state index contributed by atoms with van der Waals surface area (Å²) in [7, 11) is 0. The summed E-state index contributed by atoms with van der Waals surface area (Å²) in [6, 6.07) is 14.7. The molecular weight excluding hydrogens is 448 g/mol. The lowest BCUT2D eigenvalue weighted by molar-refractivity contribution is -0.116. The van der Waals surface area contributed by atoms with E-state index in [9.17, 15) is 9.59 Å². The van der Waals surface area contributed by atoms with Crippen LogP contribution in [0.3, 0.4) is 0 Å². The van der Waals surface area contributed by atoms with Gasteiger partial charge in [0.05, 0.1) is 0 Å². The van der Waals surface area contributed by atoms with E-state index in [-0.39, 0.29) is 35.3 Å². The smallest absolute Gasteiger partial charge is 0.273 e. The maximum absolute atomic E-state index is 11.9. The van der Waals surface area contributed by atoms with Crippen LogP contribution in [0, 0.1) is 0 Å². The van der Waals surface area contributed by atoms with Crippen LogP contribution < -0.4 is 30.7 Å². The van der Waals surface area contributed by atoms with Crippen LogP contribution >= 0.6 is 24.4 Å². The first-order valence-electron chi connectivity index (χ1n) is 9.61. The van der Waals surface area contributed by atoms with Gasteiger partial charge in [-0.15, -0.1) is 0 Å². The summed E-state index contributed by atoms with van der Waals surface area (Å²) in [4.78, 5) is 23.8. The average Bonchev–Trinajstić information content (AvgIpc) is 3.26. The van der Waals surface area contributed by atoms with Gasteiger partial charge in [-0.3, -0.25) is 20.2 Å². The summed E-state index contributed by atoms with van der Waals surface area (Å²) >= 11 is 9.91. The quantitative estimate of drug-likeness (QED) is 0.279. The largest absolute Gasteiger partial charge is 0.489 e. The second-order valence-electron chi connectivity index (χ2n) is 6.71. The Hall–Kier alpha value is -3.76. The lowest BCUT2D eigenvalue weighted by atomic mass is 10.1. The summed E-state index contributed by atoms with van der Waals surface area (Å²) in [5.41, 5.74) is 2.17. The predicted molar refractivity (Wildman–Crippen MR) is 128 cm³/mol. The van der Waals surface area contributed by atoms with E-state index in [1.165, 1.54) is 0 Å². The number of hydrogen-bond donors (Lipinski definition) is 4. The summed E-state index contributed by atoms with van der Waals surface area (Å²) in [6.07, 6.45) is 3.35. The molecule has 2 amide bonds. The molecule has 32 heavy (non-hydrogen) atoms. The summed E-state index contributed by atoms with van der Waals surface area (Å²) in [5.74, 6) is 0.633. The third kappa shape index (κ3) is 5.10. The molecular formula is C22H18N4O4S2. The maximum atomic E-state index is 11.9. The van der Waals surface area contributed by atoms with E-state index in [1.54, 1.807) is 12.2 Å². The van der Waals surface area contributed by atoms with Crippen LogP contribution in [0.1, 0.15) is 11.1 Å². The molecule has 2 heterocycles. The third-order valence-electron chi connectivity index (χ3n) is 4.48. The van der Waals surface area contributed by atoms with Crippen LogP contribution in [0.25, 0.3) is 12.2 Å². The van der Waals surface area contributed by atoms with Crippen LogP contribution in [0.2, 0.25) is 0 Å². The maximum Gasteiger partial charge on any atom is 0.273 e. The molecule has 2 saturated heterocycles. The standard InChI is InChI=1S/C22H18N4O4S2/c27-19-15(23-21(31)25-19)11-13-5-1-3-7-17(13)29-9-10-30-18-8-4-2-6-14(18)12-16-20(28)26-22(32)24-16/h1-8,11-12H,9-10H2,(H2,23,25,27,31)(H2,24,26,28,32)/b15-11+,16-12+. The average molecular weight is 467 g/mol. The van der Waals surface area contributed by atoms with Crippen molar-refractivity contribution in [2.75, 3.05) is 13.2 Å². The Balaban J connectivity index is 1.39. The van der Waals surface area contributed by atoms with Crippen LogP contribution in [-0.4, -0.2) is 35.3 Å². The minimum absolute atomic E-state index is 0.270. The fourth-order valence-electron chi connectivity index (χ4n) is 3.04. The van der Waals surface area contributed by atoms with E-state index >= 15 is 0 Å². The van der Waals surface area contributed by atoms with Crippen molar-refractivity contribution in [2.45, 2.75) is 0 Å². The van der Waals surface area contributed by atoms with Gasteiger partial charge in [-0.1, -0.05) is 36.4 Å². The van der Waals surface area contributed by atoms with E-state index in [1.807, 2.05) is 48.5 Å². The SMILES string of the molecule is O=C1NC(=S)N/C1=C/c1ccccc1OCCOc1ccccc1/C=C1/NC(=S)NC1=O. The Morgan fingerprint density at radius 2 is 1.06 bits per heavy atom.